The van der Waals surface area contributed by atoms with E-state index in [2.05, 4.69) is 44.0 Å². The normalized spacial score (nSPS) is 10.4. The molecular weight excluding hydrogens is 234 g/mol. The van der Waals surface area contributed by atoms with Gasteiger partial charge in [0.05, 0.1) is 10.2 Å². The van der Waals surface area contributed by atoms with Crippen LogP contribution in [0.1, 0.15) is 33.3 Å². The van der Waals surface area contributed by atoms with Crippen LogP contribution in [0, 0.1) is 6.92 Å². The molecule has 0 saturated heterocycles. The maximum absolute atomic E-state index is 4.60. The molecule has 16 heavy (non-hydrogen) atoms. The average Bonchev–Trinajstić information content (AvgIpc) is 2.61. The highest BCUT2D eigenvalue weighted by atomic mass is 32.2. The van der Waals surface area contributed by atoms with Crippen molar-refractivity contribution < 1.29 is 0 Å². The molecular formula is C13H19NS2. The molecule has 88 valence electrons. The Kier molecular flexibility index (Phi) is 5.29. The highest BCUT2D eigenvalue weighted by Gasteiger charge is 2.05. The van der Waals surface area contributed by atoms with Gasteiger partial charge in [-0.25, -0.2) is 4.98 Å². The monoisotopic (exact) mass is 253 g/mol. The summed E-state index contributed by atoms with van der Waals surface area (Å²) in [5, 5.41) is 0.608. The lowest BCUT2D eigenvalue weighted by Gasteiger charge is -1.97. The first-order valence-electron chi connectivity index (χ1n) is 5.69. The Hall–Kier alpha value is -0.540. The van der Waals surface area contributed by atoms with Gasteiger partial charge in [-0.3, -0.25) is 0 Å². The summed E-state index contributed by atoms with van der Waals surface area (Å²) >= 11 is 3.62. The second-order valence-corrected chi connectivity index (χ2v) is 6.47. The molecule has 0 fully saturated rings. The van der Waals surface area contributed by atoms with Crippen LogP contribution < -0.4 is 0 Å². The molecule has 0 bridgehead atoms. The van der Waals surface area contributed by atoms with Crippen LogP contribution in [0.3, 0.4) is 0 Å². The Morgan fingerprint density at radius 3 is 2.56 bits per heavy atom. The van der Waals surface area contributed by atoms with Crippen LogP contribution in [-0.4, -0.2) is 10.2 Å². The lowest BCUT2D eigenvalue weighted by Crippen LogP contribution is -1.83. The van der Waals surface area contributed by atoms with E-state index in [0.29, 0.717) is 5.25 Å². The van der Waals surface area contributed by atoms with Crippen LogP contribution in [0.4, 0.5) is 0 Å². The molecule has 0 unspecified atom stereocenters. The van der Waals surface area contributed by atoms with Gasteiger partial charge in [-0.2, -0.15) is 0 Å². The fourth-order valence-electron chi connectivity index (χ4n) is 1.27. The van der Waals surface area contributed by atoms with E-state index in [-0.39, 0.29) is 0 Å². The Bertz CT molecular complexity index is 446. The largest absolute Gasteiger partial charge is 0.230 e. The second kappa shape index (κ2) is 6.26. The van der Waals surface area contributed by atoms with Crippen molar-refractivity contribution in [3.63, 3.8) is 0 Å². The molecule has 1 aromatic heterocycles. The summed E-state index contributed by atoms with van der Waals surface area (Å²) in [7, 11) is 0. The van der Waals surface area contributed by atoms with Gasteiger partial charge in [0.1, 0.15) is 0 Å². The number of benzene rings is 1. The zero-order chi connectivity index (χ0) is 12.1. The highest BCUT2D eigenvalue weighted by Crippen LogP contribution is 2.31. The number of fused-ring (bicyclic) bond motifs is 1. The van der Waals surface area contributed by atoms with Crippen LogP contribution >= 0.6 is 23.1 Å². The smallest absolute Gasteiger partial charge is 0.151 e. The van der Waals surface area contributed by atoms with Gasteiger partial charge < -0.3 is 0 Å². The van der Waals surface area contributed by atoms with E-state index < -0.39 is 0 Å². The summed E-state index contributed by atoms with van der Waals surface area (Å²) < 4.78 is 2.47. The minimum Gasteiger partial charge on any atom is -0.230 e. The summed E-state index contributed by atoms with van der Waals surface area (Å²) in [5.41, 5.74) is 2.42. The van der Waals surface area contributed by atoms with Gasteiger partial charge in [0.15, 0.2) is 4.34 Å². The third kappa shape index (κ3) is 3.49. The molecule has 0 N–H and O–H groups in total. The number of aromatic nitrogens is 1. The lowest BCUT2D eigenvalue weighted by molar-refractivity contribution is 1.10. The molecule has 2 aromatic rings. The quantitative estimate of drug-likeness (QED) is 0.688. The van der Waals surface area contributed by atoms with E-state index in [4.69, 9.17) is 0 Å². The molecule has 0 aliphatic carbocycles. The van der Waals surface area contributed by atoms with E-state index in [1.807, 2.05) is 25.6 Å². The summed E-state index contributed by atoms with van der Waals surface area (Å²) in [6, 6.07) is 6.45. The van der Waals surface area contributed by atoms with Crippen LogP contribution in [0.5, 0.6) is 0 Å². The van der Waals surface area contributed by atoms with Crippen LogP contribution in [-0.2, 0) is 0 Å². The first kappa shape index (κ1) is 13.5. The van der Waals surface area contributed by atoms with Crippen molar-refractivity contribution in [3.05, 3.63) is 23.8 Å². The van der Waals surface area contributed by atoms with Crippen molar-refractivity contribution in [3.8, 4) is 0 Å². The van der Waals surface area contributed by atoms with Crippen LogP contribution in [0.2, 0.25) is 0 Å². The Balaban J connectivity index is 0.000000606. The summed E-state index contributed by atoms with van der Waals surface area (Å²) in [6.07, 6.45) is 0. The molecule has 0 saturated carbocycles. The van der Waals surface area contributed by atoms with Gasteiger partial charge in [-0.05, 0) is 24.6 Å². The molecule has 2 rings (SSSR count). The molecule has 0 aliphatic heterocycles. The van der Waals surface area contributed by atoms with Crippen LogP contribution in [0.25, 0.3) is 10.2 Å². The molecule has 1 aromatic carbocycles. The van der Waals surface area contributed by atoms with Gasteiger partial charge in [0.2, 0.25) is 0 Å². The standard InChI is InChI=1S/C11H13NS2.C2H6/c1-7(2)13-11-12-9-6-8(3)4-5-10(9)14-11;1-2/h4-7H,1-3H3;1-2H3. The maximum Gasteiger partial charge on any atom is 0.151 e. The van der Waals surface area contributed by atoms with Crippen molar-refractivity contribution in [2.45, 2.75) is 44.2 Å². The average molecular weight is 253 g/mol. The zero-order valence-electron chi connectivity index (χ0n) is 10.6. The molecule has 0 aliphatic rings. The van der Waals surface area contributed by atoms with Crippen molar-refractivity contribution in [2.75, 3.05) is 0 Å². The second-order valence-electron chi connectivity index (χ2n) is 3.62. The van der Waals surface area contributed by atoms with E-state index >= 15 is 0 Å². The number of rotatable bonds is 2. The van der Waals surface area contributed by atoms with Crippen molar-refractivity contribution in [1.82, 2.24) is 4.98 Å². The Morgan fingerprint density at radius 2 is 1.94 bits per heavy atom. The summed E-state index contributed by atoms with van der Waals surface area (Å²) in [4.78, 5) is 4.60. The number of hydrogen-bond acceptors (Lipinski definition) is 3. The van der Waals surface area contributed by atoms with E-state index in [9.17, 15) is 0 Å². The van der Waals surface area contributed by atoms with E-state index in [1.54, 1.807) is 11.3 Å². The molecule has 3 heteroatoms. The zero-order valence-corrected chi connectivity index (χ0v) is 12.2. The maximum atomic E-state index is 4.60. The summed E-state index contributed by atoms with van der Waals surface area (Å²) in [5.74, 6) is 0. The minimum absolute atomic E-state index is 0.608. The number of aryl methyl sites for hydroxylation is 1. The summed E-state index contributed by atoms with van der Waals surface area (Å²) in [6.45, 7) is 10.5. The predicted molar refractivity (Wildman–Crippen MR) is 76.7 cm³/mol. The van der Waals surface area contributed by atoms with E-state index in [1.165, 1.54) is 14.6 Å². The fraction of sp³-hybridized carbons (Fsp3) is 0.462. The topological polar surface area (TPSA) is 12.9 Å². The van der Waals surface area contributed by atoms with Gasteiger partial charge in [0, 0.05) is 5.25 Å². The predicted octanol–water partition coefficient (Wildman–Crippen LogP) is 5.13. The van der Waals surface area contributed by atoms with Crippen molar-refractivity contribution >= 4 is 33.3 Å². The van der Waals surface area contributed by atoms with Gasteiger partial charge in [-0.1, -0.05) is 45.5 Å². The number of hydrogen-bond donors (Lipinski definition) is 0. The number of thioether (sulfide) groups is 1. The van der Waals surface area contributed by atoms with E-state index in [0.717, 1.165) is 5.52 Å². The molecule has 0 atom stereocenters. The third-order valence-corrected chi connectivity index (χ3v) is 3.99. The lowest BCUT2D eigenvalue weighted by atomic mass is 10.2. The van der Waals surface area contributed by atoms with Gasteiger partial charge >= 0.3 is 0 Å². The third-order valence-electron chi connectivity index (χ3n) is 1.86. The SMILES string of the molecule is CC.Cc1ccc2sc(SC(C)C)nc2c1. The first-order chi connectivity index (χ1) is 7.65. The highest BCUT2D eigenvalue weighted by molar-refractivity contribution is 8.01. The minimum atomic E-state index is 0.608. The molecule has 1 nitrogen and oxygen atoms in total. The number of thiazole rings is 1. The van der Waals surface area contributed by atoms with Gasteiger partial charge in [-0.15, -0.1) is 11.3 Å². The number of nitrogens with zero attached hydrogens (tertiary/aromatic N) is 1. The van der Waals surface area contributed by atoms with Crippen LogP contribution in [0.15, 0.2) is 22.5 Å². The Labute approximate surface area is 106 Å². The molecule has 0 amide bonds. The Morgan fingerprint density at radius 1 is 1.25 bits per heavy atom. The van der Waals surface area contributed by atoms with Crippen molar-refractivity contribution in [1.29, 1.82) is 0 Å². The van der Waals surface area contributed by atoms with Crippen molar-refractivity contribution in [2.24, 2.45) is 0 Å². The molecule has 0 radical (unpaired) electrons. The first-order valence-corrected chi connectivity index (χ1v) is 7.38. The van der Waals surface area contributed by atoms with Gasteiger partial charge in [0.25, 0.3) is 0 Å². The molecule has 1 heterocycles. The molecule has 0 spiro atoms. The fourth-order valence-corrected chi connectivity index (χ4v) is 3.54.